The third-order valence-corrected chi connectivity index (χ3v) is 4.63. The number of carbonyl (C=O) groups is 1. The number of piperidine rings is 1. The van der Waals surface area contributed by atoms with E-state index in [0.717, 1.165) is 31.8 Å². The third-order valence-electron chi connectivity index (χ3n) is 4.63. The largest absolute Gasteiger partial charge is 0.444 e. The van der Waals surface area contributed by atoms with Crippen LogP contribution < -0.4 is 5.32 Å². The number of rotatable bonds is 1. The molecule has 0 saturated carbocycles. The topological polar surface area (TPSA) is 67.4 Å². The van der Waals surface area contributed by atoms with Crippen LogP contribution in [-0.4, -0.2) is 46.2 Å². The summed E-state index contributed by atoms with van der Waals surface area (Å²) < 4.78 is 5.52. The van der Waals surface area contributed by atoms with Crippen LogP contribution in [-0.2, 0) is 4.74 Å². The van der Waals surface area contributed by atoms with E-state index in [-0.39, 0.29) is 17.6 Å². The zero-order chi connectivity index (χ0) is 17.4. The van der Waals surface area contributed by atoms with E-state index in [2.05, 4.69) is 21.2 Å². The Bertz CT molecular complexity index is 659. The summed E-state index contributed by atoms with van der Waals surface area (Å²) in [6.45, 7) is 7.93. The van der Waals surface area contributed by atoms with E-state index >= 15 is 0 Å². The number of aromatic nitrogens is 2. The molecule has 0 aliphatic carbocycles. The fourth-order valence-electron chi connectivity index (χ4n) is 3.44. The van der Waals surface area contributed by atoms with E-state index in [1.165, 1.54) is 0 Å². The molecule has 2 aliphatic heterocycles. The van der Waals surface area contributed by atoms with E-state index in [0.29, 0.717) is 12.1 Å². The van der Waals surface area contributed by atoms with E-state index in [4.69, 9.17) is 11.2 Å². The second-order valence-corrected chi connectivity index (χ2v) is 7.66. The Kier molecular flexibility index (Phi) is 4.22. The molecule has 2 aliphatic rings. The first kappa shape index (κ1) is 16.7. The molecule has 6 nitrogen and oxygen atoms in total. The van der Waals surface area contributed by atoms with Crippen LogP contribution >= 0.6 is 0 Å². The van der Waals surface area contributed by atoms with Gasteiger partial charge < -0.3 is 15.0 Å². The highest BCUT2D eigenvalue weighted by atomic mass is 16.6. The molecule has 128 valence electrons. The summed E-state index contributed by atoms with van der Waals surface area (Å²) in [6.07, 6.45) is 10.5. The zero-order valence-electron chi connectivity index (χ0n) is 14.5. The molecule has 1 aromatic heterocycles. The number of nitrogens with one attached hydrogen (secondary N) is 1. The fraction of sp³-hybridized carbons (Fsp3) is 0.611. The Labute approximate surface area is 143 Å². The lowest BCUT2D eigenvalue weighted by Crippen LogP contribution is -2.64. The van der Waals surface area contributed by atoms with Crippen molar-refractivity contribution < 1.29 is 9.53 Å². The molecule has 0 aromatic carbocycles. The zero-order valence-corrected chi connectivity index (χ0v) is 14.5. The molecule has 2 unspecified atom stereocenters. The van der Waals surface area contributed by atoms with E-state index in [1.54, 1.807) is 12.4 Å². The highest BCUT2D eigenvalue weighted by Crippen LogP contribution is 2.46. The highest BCUT2D eigenvalue weighted by molar-refractivity contribution is 5.68. The van der Waals surface area contributed by atoms with Crippen molar-refractivity contribution in [2.45, 2.75) is 45.3 Å². The second-order valence-electron chi connectivity index (χ2n) is 7.66. The molecule has 1 spiro atoms. The first-order chi connectivity index (χ1) is 11.3. The molecular formula is C18H24N4O2. The van der Waals surface area contributed by atoms with Crippen LogP contribution in [0.15, 0.2) is 12.4 Å². The van der Waals surface area contributed by atoms with Crippen LogP contribution in [0.2, 0.25) is 0 Å². The molecule has 24 heavy (non-hydrogen) atoms. The van der Waals surface area contributed by atoms with Gasteiger partial charge in [0.05, 0.1) is 11.6 Å². The first-order valence-corrected chi connectivity index (χ1v) is 8.33. The van der Waals surface area contributed by atoms with Gasteiger partial charge in [-0.25, -0.2) is 14.8 Å². The Hall–Kier alpha value is -2.13. The number of hydrogen-bond acceptors (Lipinski definition) is 5. The number of likely N-dealkylation sites (tertiary alicyclic amines) is 1. The molecule has 0 bridgehead atoms. The van der Waals surface area contributed by atoms with Crippen LogP contribution in [0.5, 0.6) is 0 Å². The van der Waals surface area contributed by atoms with Crippen LogP contribution in [0.3, 0.4) is 0 Å². The van der Waals surface area contributed by atoms with Crippen molar-refractivity contribution >= 4 is 6.09 Å². The van der Waals surface area contributed by atoms with Crippen LogP contribution in [0.1, 0.15) is 51.0 Å². The summed E-state index contributed by atoms with van der Waals surface area (Å²) in [4.78, 5) is 23.0. The van der Waals surface area contributed by atoms with Gasteiger partial charge in [-0.05, 0) is 33.6 Å². The summed E-state index contributed by atoms with van der Waals surface area (Å²) in [5, 5.41) is 3.41. The van der Waals surface area contributed by atoms with E-state index in [9.17, 15) is 4.79 Å². The molecule has 2 saturated heterocycles. The van der Waals surface area contributed by atoms with Crippen LogP contribution in [0.25, 0.3) is 0 Å². The average molecular weight is 328 g/mol. The summed E-state index contributed by atoms with van der Waals surface area (Å²) in [6, 6.07) is 0.0505. The quantitative estimate of drug-likeness (QED) is 0.800. The van der Waals surface area contributed by atoms with Crippen LogP contribution in [0.4, 0.5) is 4.79 Å². The number of ether oxygens (including phenoxy) is 1. The van der Waals surface area contributed by atoms with E-state index < -0.39 is 5.60 Å². The van der Waals surface area contributed by atoms with Crippen molar-refractivity contribution in [2.75, 3.05) is 19.6 Å². The van der Waals surface area contributed by atoms with E-state index in [1.807, 2.05) is 25.7 Å². The molecule has 6 heteroatoms. The number of carbonyl (C=O) groups excluding carboxylic acids is 1. The summed E-state index contributed by atoms with van der Waals surface area (Å²) in [7, 11) is 0. The van der Waals surface area contributed by atoms with Gasteiger partial charge >= 0.3 is 6.09 Å². The minimum Gasteiger partial charge on any atom is -0.444 e. The van der Waals surface area contributed by atoms with Crippen molar-refractivity contribution in [1.29, 1.82) is 0 Å². The van der Waals surface area contributed by atoms with Gasteiger partial charge in [0.2, 0.25) is 0 Å². The minimum absolute atomic E-state index is 0.0210. The second kappa shape index (κ2) is 6.06. The predicted octanol–water partition coefficient (Wildman–Crippen LogP) is 2.12. The van der Waals surface area contributed by atoms with Crippen molar-refractivity contribution in [3.63, 3.8) is 0 Å². The van der Waals surface area contributed by atoms with Gasteiger partial charge in [0.1, 0.15) is 11.4 Å². The minimum atomic E-state index is -0.479. The molecule has 2 fully saturated rings. The molecule has 3 rings (SSSR count). The number of hydrogen-bond donors (Lipinski definition) is 1. The van der Waals surface area contributed by atoms with Gasteiger partial charge in [0.25, 0.3) is 0 Å². The molecular weight excluding hydrogens is 304 g/mol. The normalized spacial score (nSPS) is 26.6. The Balaban J connectivity index is 1.73. The van der Waals surface area contributed by atoms with Gasteiger partial charge in [0, 0.05) is 37.4 Å². The maximum atomic E-state index is 12.4. The molecule has 1 N–H and O–H groups in total. The van der Waals surface area contributed by atoms with Gasteiger partial charge in [-0.3, -0.25) is 0 Å². The number of nitrogens with zero attached hydrogens (tertiary/aromatic N) is 3. The maximum absolute atomic E-state index is 12.4. The van der Waals surface area contributed by atoms with Crippen molar-refractivity contribution in [1.82, 2.24) is 20.2 Å². The summed E-state index contributed by atoms with van der Waals surface area (Å²) >= 11 is 0. The number of amides is 1. The Morgan fingerprint density at radius 1 is 1.46 bits per heavy atom. The monoisotopic (exact) mass is 328 g/mol. The summed E-state index contributed by atoms with van der Waals surface area (Å²) in [5.41, 5.74) is 0.172. The van der Waals surface area contributed by atoms with Gasteiger partial charge in [0.15, 0.2) is 0 Å². The van der Waals surface area contributed by atoms with Crippen molar-refractivity contribution in [3.05, 3.63) is 23.8 Å². The highest BCUT2D eigenvalue weighted by Gasteiger charge is 2.52. The molecule has 1 amide bonds. The lowest BCUT2D eigenvalue weighted by Gasteiger charge is -2.54. The van der Waals surface area contributed by atoms with Crippen molar-refractivity contribution in [2.24, 2.45) is 5.41 Å². The van der Waals surface area contributed by atoms with Gasteiger partial charge in [-0.15, -0.1) is 6.42 Å². The van der Waals surface area contributed by atoms with Crippen LogP contribution in [0, 0.1) is 17.8 Å². The third kappa shape index (κ3) is 3.22. The molecule has 2 atom stereocenters. The van der Waals surface area contributed by atoms with Crippen molar-refractivity contribution in [3.8, 4) is 12.3 Å². The number of terminal acetylenes is 1. The molecule has 1 aromatic rings. The van der Waals surface area contributed by atoms with Gasteiger partial charge in [-0.2, -0.15) is 0 Å². The van der Waals surface area contributed by atoms with Gasteiger partial charge in [-0.1, -0.05) is 5.92 Å². The summed E-state index contributed by atoms with van der Waals surface area (Å²) in [5.74, 6) is 3.27. The maximum Gasteiger partial charge on any atom is 0.410 e. The lowest BCUT2D eigenvalue weighted by molar-refractivity contribution is -0.0308. The standard InChI is InChI=1S/C18H24N4O2/c1-5-13-9-19-15(20-10-13)14-18(11-21-14)7-6-8-22(12-18)16(23)24-17(2,3)4/h1,9-10,14,21H,6-8,11-12H2,2-4H3. The predicted molar refractivity (Wildman–Crippen MR) is 90.2 cm³/mol. The SMILES string of the molecule is C#Cc1cnc(C2NCC23CCCN(C(=O)OC(C)(C)C)C3)nc1. The average Bonchev–Trinajstić information content (AvgIpc) is 2.53. The lowest BCUT2D eigenvalue weighted by atomic mass is 9.67. The first-order valence-electron chi connectivity index (χ1n) is 8.33. The smallest absolute Gasteiger partial charge is 0.410 e. The Morgan fingerprint density at radius 2 is 2.17 bits per heavy atom. The fourth-order valence-corrected chi connectivity index (χ4v) is 3.44. The molecule has 0 radical (unpaired) electrons. The molecule has 3 heterocycles. The Morgan fingerprint density at radius 3 is 2.71 bits per heavy atom.